The smallest absolute Gasteiger partial charge is 0.287 e. The number of aromatic nitrogens is 2. The van der Waals surface area contributed by atoms with Crippen LogP contribution in [0, 0.1) is 5.82 Å². The summed E-state index contributed by atoms with van der Waals surface area (Å²) in [5, 5.41) is 7.14. The van der Waals surface area contributed by atoms with Gasteiger partial charge in [0, 0.05) is 17.6 Å². The molecule has 112 valence electrons. The van der Waals surface area contributed by atoms with Crippen LogP contribution in [0.3, 0.4) is 0 Å². The summed E-state index contributed by atoms with van der Waals surface area (Å²) < 4.78 is 15.3. The molecule has 0 radical (unpaired) electrons. The van der Waals surface area contributed by atoms with E-state index in [-0.39, 0.29) is 16.4 Å². The van der Waals surface area contributed by atoms with Crippen molar-refractivity contribution in [1.29, 1.82) is 0 Å². The van der Waals surface area contributed by atoms with Crippen LogP contribution in [-0.2, 0) is 13.1 Å². The summed E-state index contributed by atoms with van der Waals surface area (Å²) in [6, 6.07) is 4.41. The number of nitrogens with zero attached hydrogens (tertiary/aromatic N) is 2. The van der Waals surface area contributed by atoms with Gasteiger partial charge < -0.3 is 5.32 Å². The molecule has 0 atom stereocenters. The first kappa shape index (κ1) is 16.0. The van der Waals surface area contributed by atoms with Crippen molar-refractivity contribution in [2.24, 2.45) is 0 Å². The lowest BCUT2D eigenvalue weighted by molar-refractivity contribution is 0.568. The third kappa shape index (κ3) is 3.83. The van der Waals surface area contributed by atoms with Gasteiger partial charge in [0.15, 0.2) is 0 Å². The lowest BCUT2D eigenvalue weighted by atomic mass is 10.2. The Kier molecular flexibility index (Phi) is 5.36. The highest BCUT2D eigenvalue weighted by Gasteiger charge is 2.09. The maximum Gasteiger partial charge on any atom is 0.287 e. The first-order valence-electron chi connectivity index (χ1n) is 6.46. The fraction of sp³-hybridized carbons (Fsp3) is 0.286. The van der Waals surface area contributed by atoms with Crippen molar-refractivity contribution in [3.63, 3.8) is 0 Å². The standard InChI is InChI=1S/C14H14BrClFN3O/c1-2-5-20-14(21)13(16)12(8-19-20)18-7-9-6-10(17)3-4-11(9)15/h3-4,6,8,18H,2,5,7H2,1H3. The highest BCUT2D eigenvalue weighted by atomic mass is 79.9. The summed E-state index contributed by atoms with van der Waals surface area (Å²) in [5.41, 5.74) is 0.829. The Morgan fingerprint density at radius 2 is 2.24 bits per heavy atom. The van der Waals surface area contributed by atoms with Crippen LogP contribution in [0.2, 0.25) is 5.02 Å². The van der Waals surface area contributed by atoms with Crippen molar-refractivity contribution in [2.75, 3.05) is 5.32 Å². The van der Waals surface area contributed by atoms with E-state index >= 15 is 0 Å². The van der Waals surface area contributed by atoms with Crippen LogP contribution in [0.4, 0.5) is 10.1 Å². The lowest BCUT2D eigenvalue weighted by Gasteiger charge is -2.11. The third-order valence-corrected chi connectivity index (χ3v) is 4.04. The first-order valence-corrected chi connectivity index (χ1v) is 7.63. The first-order chi connectivity index (χ1) is 10.0. The molecule has 0 aliphatic rings. The van der Waals surface area contributed by atoms with Gasteiger partial charge in [-0.15, -0.1) is 0 Å². The van der Waals surface area contributed by atoms with Gasteiger partial charge in [-0.3, -0.25) is 4.79 Å². The van der Waals surface area contributed by atoms with Crippen LogP contribution >= 0.6 is 27.5 Å². The zero-order valence-electron chi connectivity index (χ0n) is 11.4. The SMILES string of the molecule is CCCn1ncc(NCc2cc(F)ccc2Br)c(Cl)c1=O. The largest absolute Gasteiger partial charge is 0.378 e. The van der Waals surface area contributed by atoms with E-state index in [1.54, 1.807) is 6.07 Å². The second-order valence-corrected chi connectivity index (χ2v) is 5.72. The Labute approximate surface area is 135 Å². The fourth-order valence-corrected chi connectivity index (χ4v) is 2.43. The van der Waals surface area contributed by atoms with Gasteiger partial charge in [-0.25, -0.2) is 9.07 Å². The molecule has 1 aromatic heterocycles. The Bertz CT molecular complexity index is 705. The van der Waals surface area contributed by atoms with Gasteiger partial charge in [-0.05, 0) is 30.2 Å². The van der Waals surface area contributed by atoms with E-state index in [1.165, 1.54) is 23.0 Å². The summed E-state index contributed by atoms with van der Waals surface area (Å²) in [6.07, 6.45) is 2.30. The number of rotatable bonds is 5. The molecule has 1 heterocycles. The van der Waals surface area contributed by atoms with E-state index in [2.05, 4.69) is 26.3 Å². The van der Waals surface area contributed by atoms with Gasteiger partial charge in [-0.2, -0.15) is 5.10 Å². The van der Waals surface area contributed by atoms with Crippen LogP contribution < -0.4 is 10.9 Å². The Hall–Kier alpha value is -1.40. The van der Waals surface area contributed by atoms with Gasteiger partial charge in [0.05, 0.1) is 11.9 Å². The highest BCUT2D eigenvalue weighted by Crippen LogP contribution is 2.21. The third-order valence-electron chi connectivity index (χ3n) is 2.90. The number of nitrogens with one attached hydrogen (secondary N) is 1. The molecule has 0 aliphatic carbocycles. The quantitative estimate of drug-likeness (QED) is 0.865. The van der Waals surface area contributed by atoms with Crippen LogP contribution in [0.1, 0.15) is 18.9 Å². The molecule has 1 N–H and O–H groups in total. The highest BCUT2D eigenvalue weighted by molar-refractivity contribution is 9.10. The van der Waals surface area contributed by atoms with Crippen molar-refractivity contribution in [3.05, 3.63) is 55.6 Å². The number of aryl methyl sites for hydroxylation is 1. The van der Waals surface area contributed by atoms with Crippen molar-refractivity contribution >= 4 is 33.2 Å². The molecule has 0 fully saturated rings. The summed E-state index contributed by atoms with van der Waals surface area (Å²) >= 11 is 9.40. The van der Waals surface area contributed by atoms with Crippen LogP contribution in [-0.4, -0.2) is 9.78 Å². The predicted molar refractivity (Wildman–Crippen MR) is 85.2 cm³/mol. The molecule has 0 saturated heterocycles. The van der Waals surface area contributed by atoms with Crippen molar-refractivity contribution in [2.45, 2.75) is 26.4 Å². The van der Waals surface area contributed by atoms with E-state index in [4.69, 9.17) is 11.6 Å². The number of anilines is 1. The second kappa shape index (κ2) is 7.04. The van der Waals surface area contributed by atoms with Gasteiger partial charge in [0.2, 0.25) is 0 Å². The summed E-state index contributed by atoms with van der Waals surface area (Å²) in [7, 11) is 0. The van der Waals surface area contributed by atoms with Crippen molar-refractivity contribution < 1.29 is 4.39 Å². The van der Waals surface area contributed by atoms with Crippen LogP contribution in [0.5, 0.6) is 0 Å². The number of halogens is 3. The molecule has 0 amide bonds. The van der Waals surface area contributed by atoms with Gasteiger partial charge in [0.25, 0.3) is 5.56 Å². The molecular weight excluding hydrogens is 361 g/mol. The van der Waals surface area contributed by atoms with E-state index in [0.717, 1.165) is 16.5 Å². The Morgan fingerprint density at radius 3 is 2.95 bits per heavy atom. The lowest BCUT2D eigenvalue weighted by Crippen LogP contribution is -2.24. The minimum Gasteiger partial charge on any atom is -0.378 e. The summed E-state index contributed by atoms with van der Waals surface area (Å²) in [5.74, 6) is -0.322. The molecule has 2 rings (SSSR count). The zero-order valence-corrected chi connectivity index (χ0v) is 13.7. The molecule has 21 heavy (non-hydrogen) atoms. The van der Waals surface area contributed by atoms with Gasteiger partial charge >= 0.3 is 0 Å². The van der Waals surface area contributed by atoms with Crippen molar-refractivity contribution in [1.82, 2.24) is 9.78 Å². The molecule has 4 nitrogen and oxygen atoms in total. The van der Waals surface area contributed by atoms with Crippen LogP contribution in [0.25, 0.3) is 0 Å². The summed E-state index contributed by atoms with van der Waals surface area (Å²) in [6.45, 7) is 2.81. The number of hydrogen-bond acceptors (Lipinski definition) is 3. The maximum atomic E-state index is 13.2. The summed E-state index contributed by atoms with van der Waals surface area (Å²) in [4.78, 5) is 12.0. The predicted octanol–water partition coefficient (Wildman–Crippen LogP) is 3.82. The van der Waals surface area contributed by atoms with E-state index < -0.39 is 0 Å². The Balaban J connectivity index is 2.19. The molecule has 0 bridgehead atoms. The molecule has 1 aromatic carbocycles. The normalized spacial score (nSPS) is 10.7. The van der Waals surface area contributed by atoms with E-state index in [0.29, 0.717) is 18.8 Å². The van der Waals surface area contributed by atoms with Gasteiger partial charge in [-0.1, -0.05) is 34.5 Å². The van der Waals surface area contributed by atoms with Gasteiger partial charge in [0.1, 0.15) is 10.8 Å². The fourth-order valence-electron chi connectivity index (χ4n) is 1.83. The average molecular weight is 375 g/mol. The van der Waals surface area contributed by atoms with Crippen molar-refractivity contribution in [3.8, 4) is 0 Å². The number of hydrogen-bond donors (Lipinski definition) is 1. The molecule has 0 aliphatic heterocycles. The minimum atomic E-state index is -0.332. The monoisotopic (exact) mass is 373 g/mol. The molecule has 2 aromatic rings. The Morgan fingerprint density at radius 1 is 1.48 bits per heavy atom. The maximum absolute atomic E-state index is 13.2. The molecular formula is C14H14BrClFN3O. The van der Waals surface area contributed by atoms with E-state index in [9.17, 15) is 9.18 Å². The molecule has 0 unspecified atom stereocenters. The molecule has 0 spiro atoms. The molecule has 7 heteroatoms. The number of benzene rings is 1. The molecule has 0 saturated carbocycles. The minimum absolute atomic E-state index is 0.0889. The topological polar surface area (TPSA) is 46.9 Å². The van der Waals surface area contributed by atoms with E-state index in [1.807, 2.05) is 6.92 Å². The zero-order chi connectivity index (χ0) is 15.4. The van der Waals surface area contributed by atoms with Crippen LogP contribution in [0.15, 0.2) is 33.7 Å². The average Bonchev–Trinajstić information content (AvgIpc) is 2.46. The second-order valence-electron chi connectivity index (χ2n) is 4.49.